The van der Waals surface area contributed by atoms with Gasteiger partial charge in [-0.2, -0.15) is 12.6 Å². The van der Waals surface area contributed by atoms with Crippen molar-refractivity contribution in [3.8, 4) is 0 Å². The lowest BCUT2D eigenvalue weighted by Crippen LogP contribution is -2.21. The zero-order valence-electron chi connectivity index (χ0n) is 6.49. The number of carboxylic acids is 1. The molecular weight excluding hydrogens is 162 g/mol. The molecule has 0 saturated heterocycles. The highest BCUT2D eigenvalue weighted by Gasteiger charge is 2.00. The summed E-state index contributed by atoms with van der Waals surface area (Å²) in [6.07, 6.45) is 2.72. The molecule has 1 atom stereocenters. The highest BCUT2D eigenvalue weighted by Crippen LogP contribution is 2.02. The van der Waals surface area contributed by atoms with Crippen LogP contribution in [0.3, 0.4) is 0 Å². The molecule has 11 heavy (non-hydrogen) atoms. The summed E-state index contributed by atoms with van der Waals surface area (Å²) < 4.78 is 0. The molecule has 0 rings (SSSR count). The summed E-state index contributed by atoms with van der Waals surface area (Å²) in [4.78, 5) is 10.1. The van der Waals surface area contributed by atoms with Crippen LogP contribution in [0.15, 0.2) is 0 Å². The molecule has 3 N–H and O–H groups in total. The predicted octanol–water partition coefficient (Wildman–Crippen LogP) is 0.889. The Bertz CT molecular complexity index is 119. The topological polar surface area (TPSA) is 63.3 Å². The standard InChI is InChI=1S/C7H15NO2S/c8-6(5-11)3-1-2-4-7(9)10/h6,11H,1-5,8H2,(H,9,10)/t6-/m1/s1. The Morgan fingerprint density at radius 2 is 2.18 bits per heavy atom. The van der Waals surface area contributed by atoms with Crippen LogP contribution in [0, 0.1) is 0 Å². The van der Waals surface area contributed by atoms with Crippen LogP contribution in [-0.2, 0) is 4.79 Å². The summed E-state index contributed by atoms with van der Waals surface area (Å²) in [6.45, 7) is 0. The van der Waals surface area contributed by atoms with Gasteiger partial charge >= 0.3 is 5.97 Å². The number of carboxylic acid groups (broad SMARTS) is 1. The predicted molar refractivity (Wildman–Crippen MR) is 47.9 cm³/mol. The van der Waals surface area contributed by atoms with Gasteiger partial charge in [-0.15, -0.1) is 0 Å². The quantitative estimate of drug-likeness (QED) is 0.417. The summed E-state index contributed by atoms with van der Waals surface area (Å²) in [7, 11) is 0. The van der Waals surface area contributed by atoms with Crippen LogP contribution in [0.4, 0.5) is 0 Å². The van der Waals surface area contributed by atoms with Crippen molar-refractivity contribution in [3.63, 3.8) is 0 Å². The first-order valence-electron chi connectivity index (χ1n) is 3.75. The molecule has 0 saturated carbocycles. The van der Waals surface area contributed by atoms with E-state index in [4.69, 9.17) is 10.8 Å². The highest BCUT2D eigenvalue weighted by atomic mass is 32.1. The van der Waals surface area contributed by atoms with Crippen molar-refractivity contribution in [2.24, 2.45) is 5.73 Å². The first-order chi connectivity index (χ1) is 5.16. The van der Waals surface area contributed by atoms with Crippen LogP contribution in [0.1, 0.15) is 25.7 Å². The van der Waals surface area contributed by atoms with Gasteiger partial charge in [0.15, 0.2) is 0 Å². The zero-order chi connectivity index (χ0) is 8.69. The SMILES string of the molecule is N[C@@H](CS)CCCCC(=O)O. The first-order valence-corrected chi connectivity index (χ1v) is 4.38. The lowest BCUT2D eigenvalue weighted by atomic mass is 10.1. The van der Waals surface area contributed by atoms with E-state index in [-0.39, 0.29) is 12.5 Å². The van der Waals surface area contributed by atoms with Crippen molar-refractivity contribution in [1.82, 2.24) is 0 Å². The molecule has 0 spiro atoms. The highest BCUT2D eigenvalue weighted by molar-refractivity contribution is 7.80. The van der Waals surface area contributed by atoms with Crippen LogP contribution in [0.2, 0.25) is 0 Å². The molecule has 0 heterocycles. The van der Waals surface area contributed by atoms with E-state index >= 15 is 0 Å². The summed E-state index contributed by atoms with van der Waals surface area (Å²) >= 11 is 4.02. The van der Waals surface area contributed by atoms with Gasteiger partial charge in [0.05, 0.1) is 0 Å². The second-order valence-corrected chi connectivity index (χ2v) is 2.95. The summed E-state index contributed by atoms with van der Waals surface area (Å²) in [6, 6.07) is 0.118. The number of hydrogen-bond donors (Lipinski definition) is 3. The third-order valence-electron chi connectivity index (χ3n) is 1.45. The molecule has 0 aliphatic heterocycles. The average Bonchev–Trinajstić information content (AvgIpc) is 1.97. The maximum atomic E-state index is 10.1. The number of carbonyl (C=O) groups is 1. The molecule has 3 nitrogen and oxygen atoms in total. The van der Waals surface area contributed by atoms with Gasteiger partial charge in [0.1, 0.15) is 0 Å². The van der Waals surface area contributed by atoms with Crippen molar-refractivity contribution in [3.05, 3.63) is 0 Å². The van der Waals surface area contributed by atoms with E-state index in [1.165, 1.54) is 0 Å². The molecule has 0 fully saturated rings. The number of unbranched alkanes of at least 4 members (excludes halogenated alkanes) is 1. The largest absolute Gasteiger partial charge is 0.481 e. The molecule has 0 radical (unpaired) electrons. The van der Waals surface area contributed by atoms with Gasteiger partial charge in [-0.1, -0.05) is 6.42 Å². The monoisotopic (exact) mass is 177 g/mol. The Hall–Kier alpha value is -0.220. The number of nitrogens with two attached hydrogens (primary N) is 1. The second-order valence-electron chi connectivity index (χ2n) is 2.58. The Morgan fingerprint density at radius 1 is 1.55 bits per heavy atom. The number of rotatable bonds is 6. The molecule has 0 aromatic rings. The Labute approximate surface area is 72.4 Å². The van der Waals surface area contributed by atoms with Crippen molar-refractivity contribution in [2.45, 2.75) is 31.7 Å². The fourth-order valence-electron chi connectivity index (χ4n) is 0.774. The van der Waals surface area contributed by atoms with Crippen LogP contribution in [0.25, 0.3) is 0 Å². The Balaban J connectivity index is 3.08. The minimum absolute atomic E-state index is 0.118. The van der Waals surface area contributed by atoms with Gasteiger partial charge in [-0.05, 0) is 12.8 Å². The third kappa shape index (κ3) is 7.68. The zero-order valence-corrected chi connectivity index (χ0v) is 7.39. The van der Waals surface area contributed by atoms with E-state index in [1.54, 1.807) is 0 Å². The maximum absolute atomic E-state index is 10.1. The molecule has 66 valence electrons. The van der Waals surface area contributed by atoms with E-state index in [2.05, 4.69) is 12.6 Å². The second kappa shape index (κ2) is 6.49. The number of thiol groups is 1. The molecule has 0 unspecified atom stereocenters. The van der Waals surface area contributed by atoms with Crippen LogP contribution < -0.4 is 5.73 Å². The molecule has 0 amide bonds. The lowest BCUT2D eigenvalue weighted by molar-refractivity contribution is -0.137. The summed E-state index contributed by atoms with van der Waals surface area (Å²) in [5.74, 6) is -0.0583. The van der Waals surface area contributed by atoms with Crippen molar-refractivity contribution < 1.29 is 9.90 Å². The van der Waals surface area contributed by atoms with Gasteiger partial charge in [0.2, 0.25) is 0 Å². The summed E-state index contributed by atoms with van der Waals surface area (Å²) in [5, 5.41) is 8.29. The number of aliphatic carboxylic acids is 1. The van der Waals surface area contributed by atoms with E-state index in [1.807, 2.05) is 0 Å². The van der Waals surface area contributed by atoms with Gasteiger partial charge in [-0.25, -0.2) is 0 Å². The van der Waals surface area contributed by atoms with Gasteiger partial charge in [-0.3, -0.25) is 4.79 Å². The van der Waals surface area contributed by atoms with Gasteiger partial charge in [0.25, 0.3) is 0 Å². The third-order valence-corrected chi connectivity index (χ3v) is 1.92. The fourth-order valence-corrected chi connectivity index (χ4v) is 0.957. The molecule has 0 aliphatic rings. The van der Waals surface area contributed by atoms with E-state index in [9.17, 15) is 4.79 Å². The fraction of sp³-hybridized carbons (Fsp3) is 0.857. The van der Waals surface area contributed by atoms with Gasteiger partial charge < -0.3 is 10.8 Å². The molecular formula is C7H15NO2S. The van der Waals surface area contributed by atoms with Crippen molar-refractivity contribution in [1.29, 1.82) is 0 Å². The minimum Gasteiger partial charge on any atom is -0.481 e. The average molecular weight is 177 g/mol. The van der Waals surface area contributed by atoms with Crippen LogP contribution >= 0.6 is 12.6 Å². The Morgan fingerprint density at radius 3 is 2.64 bits per heavy atom. The van der Waals surface area contributed by atoms with E-state index in [0.717, 1.165) is 19.3 Å². The van der Waals surface area contributed by atoms with E-state index in [0.29, 0.717) is 5.75 Å². The lowest BCUT2D eigenvalue weighted by Gasteiger charge is -2.05. The van der Waals surface area contributed by atoms with Crippen molar-refractivity contribution >= 4 is 18.6 Å². The maximum Gasteiger partial charge on any atom is 0.303 e. The summed E-state index contributed by atoms with van der Waals surface area (Å²) in [5.41, 5.74) is 5.57. The normalized spacial score (nSPS) is 12.9. The van der Waals surface area contributed by atoms with Crippen LogP contribution in [0.5, 0.6) is 0 Å². The Kier molecular flexibility index (Phi) is 6.36. The van der Waals surface area contributed by atoms with E-state index < -0.39 is 5.97 Å². The molecule has 0 aliphatic carbocycles. The van der Waals surface area contributed by atoms with Crippen molar-refractivity contribution in [2.75, 3.05) is 5.75 Å². The molecule has 0 aromatic carbocycles. The molecule has 0 bridgehead atoms. The van der Waals surface area contributed by atoms with Crippen LogP contribution in [-0.4, -0.2) is 22.9 Å². The molecule has 4 heteroatoms. The van der Waals surface area contributed by atoms with Gasteiger partial charge in [0, 0.05) is 18.2 Å². The number of hydrogen-bond acceptors (Lipinski definition) is 3. The minimum atomic E-state index is -0.732. The first kappa shape index (κ1) is 10.8. The smallest absolute Gasteiger partial charge is 0.303 e. The molecule has 0 aromatic heterocycles.